The number of aromatic hydroxyl groups is 1. The van der Waals surface area contributed by atoms with Crippen LogP contribution in [-0.2, 0) is 0 Å². The number of phenolic OH excluding ortho intramolecular Hbond substituents is 1. The van der Waals surface area contributed by atoms with Crippen molar-refractivity contribution in [1.82, 2.24) is 25.7 Å². The number of ether oxygens (including phenoxy) is 1. The van der Waals surface area contributed by atoms with Crippen LogP contribution in [-0.4, -0.2) is 49.9 Å². The van der Waals surface area contributed by atoms with E-state index in [1.165, 1.54) is 6.07 Å². The number of phenols is 1. The molecule has 0 unspecified atom stereocenters. The van der Waals surface area contributed by atoms with Crippen LogP contribution in [0.25, 0.3) is 22.7 Å². The molecule has 9 heteroatoms. The zero-order chi connectivity index (χ0) is 20.7. The Hall–Kier alpha value is -3.07. The molecule has 4 heterocycles. The normalized spacial score (nSPS) is 25.8. The molecule has 0 amide bonds. The van der Waals surface area contributed by atoms with Gasteiger partial charge < -0.3 is 19.6 Å². The van der Waals surface area contributed by atoms with E-state index in [9.17, 15) is 9.50 Å². The Kier molecular flexibility index (Phi) is 4.82. The lowest BCUT2D eigenvalue weighted by Gasteiger charge is -2.42. The third-order valence-electron chi connectivity index (χ3n) is 5.73. The van der Waals surface area contributed by atoms with Crippen molar-refractivity contribution in [3.63, 3.8) is 0 Å². The van der Waals surface area contributed by atoms with E-state index in [1.807, 2.05) is 0 Å². The fraction of sp³-hybridized carbons (Fsp3) is 0.429. The van der Waals surface area contributed by atoms with Gasteiger partial charge in [0.15, 0.2) is 6.17 Å². The largest absolute Gasteiger partial charge is 0.507 e. The molecule has 0 aliphatic carbocycles. The van der Waals surface area contributed by atoms with Crippen LogP contribution in [0.1, 0.15) is 31.6 Å². The van der Waals surface area contributed by atoms with Gasteiger partial charge in [-0.3, -0.25) is 0 Å². The number of benzene rings is 1. The van der Waals surface area contributed by atoms with Gasteiger partial charge in [0.2, 0.25) is 17.7 Å². The summed E-state index contributed by atoms with van der Waals surface area (Å²) in [4.78, 5) is 0. The van der Waals surface area contributed by atoms with Crippen LogP contribution >= 0.6 is 0 Å². The van der Waals surface area contributed by atoms with Crippen LogP contribution < -0.4 is 10.1 Å². The van der Waals surface area contributed by atoms with Crippen LogP contribution in [0.4, 0.5) is 4.39 Å². The molecule has 4 atom stereocenters. The topological polar surface area (TPSA) is 106 Å². The van der Waals surface area contributed by atoms with Crippen molar-refractivity contribution >= 4 is 0 Å². The van der Waals surface area contributed by atoms with Crippen molar-refractivity contribution in [3.8, 4) is 34.3 Å². The summed E-state index contributed by atoms with van der Waals surface area (Å²) in [7, 11) is 0. The minimum Gasteiger partial charge on any atom is -0.507 e. The van der Waals surface area contributed by atoms with Crippen molar-refractivity contribution < 1.29 is 18.7 Å². The number of halogens is 1. The maximum Gasteiger partial charge on any atom is 0.247 e. The zero-order valence-electron chi connectivity index (χ0n) is 16.5. The number of aromatic nitrogens is 4. The maximum atomic E-state index is 14.7. The Morgan fingerprint density at radius 3 is 2.77 bits per heavy atom. The lowest BCUT2D eigenvalue weighted by atomic mass is 9.84. The van der Waals surface area contributed by atoms with Gasteiger partial charge in [-0.1, -0.05) is 6.42 Å². The Morgan fingerprint density at radius 1 is 1.13 bits per heavy atom. The summed E-state index contributed by atoms with van der Waals surface area (Å²) in [5.41, 5.74) is 1.59. The summed E-state index contributed by atoms with van der Waals surface area (Å²) in [6.45, 7) is 1.70. The van der Waals surface area contributed by atoms with Crippen molar-refractivity contribution in [2.45, 2.75) is 57.0 Å². The van der Waals surface area contributed by atoms with Crippen LogP contribution in [0.5, 0.6) is 11.6 Å². The van der Waals surface area contributed by atoms with Gasteiger partial charge in [-0.25, -0.2) is 4.39 Å². The highest BCUT2D eigenvalue weighted by molar-refractivity contribution is 5.71. The molecule has 2 aromatic heterocycles. The summed E-state index contributed by atoms with van der Waals surface area (Å²) in [6, 6.07) is 8.51. The predicted molar refractivity (Wildman–Crippen MR) is 106 cm³/mol. The van der Waals surface area contributed by atoms with Gasteiger partial charge in [-0.05, 0) is 37.1 Å². The van der Waals surface area contributed by atoms with Crippen molar-refractivity contribution in [2.75, 3.05) is 0 Å². The number of piperidine rings is 2. The quantitative estimate of drug-likeness (QED) is 0.674. The minimum absolute atomic E-state index is 0.0151. The molecular formula is C21H22FN5O3. The molecule has 5 rings (SSSR count). The highest BCUT2D eigenvalue weighted by Gasteiger charge is 2.41. The summed E-state index contributed by atoms with van der Waals surface area (Å²) in [6.07, 6.45) is 1.98. The second-order valence-corrected chi connectivity index (χ2v) is 7.85. The molecule has 2 aliphatic rings. The van der Waals surface area contributed by atoms with E-state index in [1.54, 1.807) is 31.2 Å². The molecule has 30 heavy (non-hydrogen) atoms. The Labute approximate surface area is 172 Å². The number of fused-ring (bicyclic) bond motifs is 2. The second-order valence-electron chi connectivity index (χ2n) is 7.85. The van der Waals surface area contributed by atoms with Crippen LogP contribution in [0, 0.1) is 6.92 Å². The Bertz CT molecular complexity index is 1040. The van der Waals surface area contributed by atoms with Gasteiger partial charge in [-0.15, -0.1) is 20.4 Å². The highest BCUT2D eigenvalue weighted by atomic mass is 19.1. The molecule has 8 nitrogen and oxygen atoms in total. The predicted octanol–water partition coefficient (Wildman–Crippen LogP) is 3.21. The zero-order valence-corrected chi connectivity index (χ0v) is 16.5. The fourth-order valence-electron chi connectivity index (χ4n) is 4.25. The molecule has 2 saturated heterocycles. The molecule has 2 N–H and O–H groups in total. The first-order valence-corrected chi connectivity index (χ1v) is 10.1. The van der Waals surface area contributed by atoms with Crippen LogP contribution in [0.15, 0.2) is 34.7 Å². The van der Waals surface area contributed by atoms with E-state index < -0.39 is 12.3 Å². The van der Waals surface area contributed by atoms with Gasteiger partial charge in [0.25, 0.3) is 0 Å². The smallest absolute Gasteiger partial charge is 0.247 e. The number of alkyl halides is 1. The number of nitrogens with zero attached hydrogens (tertiary/aromatic N) is 4. The first-order chi connectivity index (χ1) is 14.6. The molecule has 156 valence electrons. The number of hydrogen-bond acceptors (Lipinski definition) is 8. The lowest BCUT2D eigenvalue weighted by molar-refractivity contribution is 0.00652. The van der Waals surface area contributed by atoms with E-state index in [4.69, 9.17) is 9.15 Å². The molecule has 2 aliphatic heterocycles. The van der Waals surface area contributed by atoms with Gasteiger partial charge in [-0.2, -0.15) is 0 Å². The number of rotatable bonds is 4. The van der Waals surface area contributed by atoms with Gasteiger partial charge in [0.1, 0.15) is 11.9 Å². The molecule has 2 bridgehead atoms. The fourth-order valence-corrected chi connectivity index (χ4v) is 4.25. The first kappa shape index (κ1) is 18.9. The summed E-state index contributed by atoms with van der Waals surface area (Å²) < 4.78 is 25.9. The van der Waals surface area contributed by atoms with Crippen LogP contribution in [0.2, 0.25) is 0 Å². The van der Waals surface area contributed by atoms with Gasteiger partial charge in [0.05, 0.1) is 5.69 Å². The summed E-state index contributed by atoms with van der Waals surface area (Å²) >= 11 is 0. The SMILES string of the molecule is Cc1nnc(-c2ccc(-c3ccc(O[C@@H]4C[C@H]5CCC[C@H](N5)[C@@H]4F)nn3)c(O)c2)o1. The summed E-state index contributed by atoms with van der Waals surface area (Å²) in [5.74, 6) is 1.07. The van der Waals surface area contributed by atoms with E-state index in [-0.39, 0.29) is 17.7 Å². The average molecular weight is 411 g/mol. The highest BCUT2D eigenvalue weighted by Crippen LogP contribution is 2.33. The van der Waals surface area contributed by atoms with Gasteiger partial charge in [0, 0.05) is 42.6 Å². The number of nitrogens with one attached hydrogen (secondary N) is 1. The van der Waals surface area contributed by atoms with E-state index in [0.717, 1.165) is 19.3 Å². The van der Waals surface area contributed by atoms with Crippen molar-refractivity contribution in [3.05, 3.63) is 36.2 Å². The lowest BCUT2D eigenvalue weighted by Crippen LogP contribution is -2.59. The van der Waals surface area contributed by atoms with Gasteiger partial charge >= 0.3 is 0 Å². The number of aryl methyl sites for hydroxylation is 1. The van der Waals surface area contributed by atoms with Crippen LogP contribution in [0.3, 0.4) is 0 Å². The monoisotopic (exact) mass is 411 g/mol. The van der Waals surface area contributed by atoms with E-state index >= 15 is 0 Å². The Balaban J connectivity index is 1.31. The first-order valence-electron chi connectivity index (χ1n) is 10.1. The Morgan fingerprint density at radius 2 is 2.03 bits per heavy atom. The molecule has 1 aromatic carbocycles. The second kappa shape index (κ2) is 7.64. The van der Waals surface area contributed by atoms with E-state index in [2.05, 4.69) is 25.7 Å². The van der Waals surface area contributed by atoms with E-state index in [0.29, 0.717) is 41.1 Å². The molecule has 0 spiro atoms. The molecule has 3 aromatic rings. The maximum absolute atomic E-state index is 14.7. The number of hydrogen-bond donors (Lipinski definition) is 2. The van der Waals surface area contributed by atoms with Crippen molar-refractivity contribution in [2.24, 2.45) is 0 Å². The van der Waals surface area contributed by atoms with Crippen molar-refractivity contribution in [1.29, 1.82) is 0 Å². The molecule has 0 radical (unpaired) electrons. The summed E-state index contributed by atoms with van der Waals surface area (Å²) in [5, 5.41) is 29.7. The molecular weight excluding hydrogens is 389 g/mol. The molecule has 2 fully saturated rings. The standard InChI is InChI=1S/C21H22FN5O3/c1-11-24-27-21(29-11)12-5-6-14(17(28)9-12)15-7-8-19(26-25-15)30-18-10-13-3-2-4-16(23-13)20(18)22/h5-9,13,16,18,20,23,28H,2-4,10H2,1H3/t13-,16+,18-,20+/m1/s1. The molecule has 0 saturated carbocycles. The average Bonchev–Trinajstić information content (AvgIpc) is 3.19. The minimum atomic E-state index is -1.06. The third-order valence-corrected chi connectivity index (χ3v) is 5.73. The third kappa shape index (κ3) is 3.60.